The molecule has 4 N–H and O–H groups in total. The largest absolute Gasteiger partial charge is 0.459 e. The van der Waals surface area contributed by atoms with Crippen molar-refractivity contribution < 1.29 is 18.7 Å². The lowest BCUT2D eigenvalue weighted by molar-refractivity contribution is -0.147. The summed E-state index contributed by atoms with van der Waals surface area (Å²) in [5, 5.41) is 5.54. The second-order valence-electron chi connectivity index (χ2n) is 6.15. The number of esters is 1. The van der Waals surface area contributed by atoms with Crippen LogP contribution < -0.4 is 16.4 Å². The van der Waals surface area contributed by atoms with E-state index >= 15 is 0 Å². The van der Waals surface area contributed by atoms with E-state index in [9.17, 15) is 9.59 Å². The van der Waals surface area contributed by atoms with Crippen LogP contribution in [0, 0.1) is 6.92 Å². The van der Waals surface area contributed by atoms with Crippen molar-refractivity contribution in [2.45, 2.75) is 26.5 Å². The summed E-state index contributed by atoms with van der Waals surface area (Å²) in [7, 11) is 0. The smallest absolute Gasteiger partial charge is 0.328 e. The molecular weight excluding hydrogens is 376 g/mol. The number of furan rings is 1. The first-order valence-corrected chi connectivity index (χ1v) is 8.76. The summed E-state index contributed by atoms with van der Waals surface area (Å²) >= 11 is 0. The highest BCUT2D eigenvalue weighted by Crippen LogP contribution is 2.17. The van der Waals surface area contributed by atoms with Crippen LogP contribution in [0.4, 0.5) is 17.6 Å². The van der Waals surface area contributed by atoms with Crippen LogP contribution in [0.2, 0.25) is 0 Å². The van der Waals surface area contributed by atoms with E-state index in [4.69, 9.17) is 14.9 Å². The van der Waals surface area contributed by atoms with Crippen LogP contribution in [-0.4, -0.2) is 32.9 Å². The molecule has 2 heterocycles. The molecule has 0 aliphatic rings. The van der Waals surface area contributed by atoms with E-state index in [1.807, 2.05) is 31.2 Å². The highest BCUT2D eigenvalue weighted by atomic mass is 16.5. The topological polar surface area (TPSA) is 145 Å². The highest BCUT2D eigenvalue weighted by Gasteiger charge is 2.20. The summed E-state index contributed by atoms with van der Waals surface area (Å²) in [6.07, 6.45) is 1.37. The van der Waals surface area contributed by atoms with Gasteiger partial charge in [-0.05, 0) is 37.6 Å². The lowest BCUT2D eigenvalue weighted by Gasteiger charge is -2.13. The fourth-order valence-corrected chi connectivity index (χ4v) is 2.39. The van der Waals surface area contributed by atoms with Gasteiger partial charge in [0.15, 0.2) is 18.2 Å². The third-order valence-corrected chi connectivity index (χ3v) is 3.88. The first kappa shape index (κ1) is 19.8. The number of nitrogens with zero attached hydrogens (tertiary/aromatic N) is 3. The van der Waals surface area contributed by atoms with Crippen molar-refractivity contribution in [1.82, 2.24) is 20.3 Å². The first-order valence-electron chi connectivity index (χ1n) is 8.76. The van der Waals surface area contributed by atoms with Crippen LogP contribution in [0.5, 0.6) is 0 Å². The number of nitrogens with two attached hydrogens (primary N) is 1. The van der Waals surface area contributed by atoms with Gasteiger partial charge in [-0.25, -0.2) is 4.79 Å². The summed E-state index contributed by atoms with van der Waals surface area (Å²) in [6, 6.07) is 9.78. The molecule has 0 spiro atoms. The fourth-order valence-electron chi connectivity index (χ4n) is 2.39. The van der Waals surface area contributed by atoms with E-state index in [0.717, 1.165) is 11.3 Å². The molecule has 10 heteroatoms. The van der Waals surface area contributed by atoms with E-state index < -0.39 is 17.9 Å². The Morgan fingerprint density at radius 2 is 1.97 bits per heavy atom. The van der Waals surface area contributed by atoms with Crippen molar-refractivity contribution in [2.75, 3.05) is 11.1 Å². The van der Waals surface area contributed by atoms with Crippen molar-refractivity contribution in [2.24, 2.45) is 0 Å². The predicted octanol–water partition coefficient (Wildman–Crippen LogP) is 1.96. The molecule has 0 aliphatic carbocycles. The Labute approximate surface area is 166 Å². The molecule has 0 radical (unpaired) electrons. The van der Waals surface area contributed by atoms with Crippen LogP contribution in [0.15, 0.2) is 47.1 Å². The maximum Gasteiger partial charge on any atom is 0.328 e. The van der Waals surface area contributed by atoms with Gasteiger partial charge in [-0.1, -0.05) is 18.2 Å². The molecule has 0 saturated carbocycles. The predicted molar refractivity (Wildman–Crippen MR) is 104 cm³/mol. The monoisotopic (exact) mass is 396 g/mol. The average molecular weight is 396 g/mol. The standard InChI is InChI=1S/C19H20N6O4/c1-11-6-3-4-7-13(11)22-19-24-15(23-18(20)25-19)10-29-17(27)12(2)21-16(26)14-8-5-9-28-14/h3-9,12H,10H2,1-2H3,(H,21,26)(H3,20,22,23,24,25)/t12-/m0/s1. The fraction of sp³-hybridized carbons (Fsp3) is 0.211. The summed E-state index contributed by atoms with van der Waals surface area (Å²) < 4.78 is 10.1. The molecule has 1 aromatic carbocycles. The normalized spacial score (nSPS) is 11.5. The van der Waals surface area contributed by atoms with E-state index in [2.05, 4.69) is 25.6 Å². The maximum atomic E-state index is 12.1. The zero-order chi connectivity index (χ0) is 20.8. The SMILES string of the molecule is Cc1ccccc1Nc1nc(N)nc(COC(=O)[C@H](C)NC(=O)c2ccco2)n1. The number of benzene rings is 1. The van der Waals surface area contributed by atoms with Crippen LogP contribution in [0.25, 0.3) is 0 Å². The summed E-state index contributed by atoms with van der Waals surface area (Å²) in [6.45, 7) is 3.21. The second kappa shape index (κ2) is 8.83. The molecule has 0 aliphatic heterocycles. The van der Waals surface area contributed by atoms with Crippen molar-refractivity contribution in [3.63, 3.8) is 0 Å². The summed E-state index contributed by atoms with van der Waals surface area (Å²) in [4.78, 5) is 36.3. The lowest BCUT2D eigenvalue weighted by Crippen LogP contribution is -2.39. The molecule has 10 nitrogen and oxygen atoms in total. The van der Waals surface area contributed by atoms with Gasteiger partial charge < -0.3 is 25.5 Å². The van der Waals surface area contributed by atoms with Gasteiger partial charge in [0.05, 0.1) is 6.26 Å². The number of hydrogen-bond acceptors (Lipinski definition) is 9. The molecule has 0 unspecified atom stereocenters. The summed E-state index contributed by atoms with van der Waals surface area (Å²) in [5.41, 5.74) is 7.54. The number of nitrogens with one attached hydrogen (secondary N) is 2. The third kappa shape index (κ3) is 5.28. The Hall–Kier alpha value is -3.95. The van der Waals surface area contributed by atoms with Gasteiger partial charge in [0, 0.05) is 5.69 Å². The number of carbonyl (C=O) groups excluding carboxylic acids is 2. The Morgan fingerprint density at radius 3 is 2.69 bits per heavy atom. The van der Waals surface area contributed by atoms with Gasteiger partial charge in [0.25, 0.3) is 5.91 Å². The Balaban J connectivity index is 1.60. The number of amides is 1. The van der Waals surface area contributed by atoms with Crippen molar-refractivity contribution in [3.8, 4) is 0 Å². The van der Waals surface area contributed by atoms with E-state index in [1.165, 1.54) is 19.3 Å². The lowest BCUT2D eigenvalue weighted by atomic mass is 10.2. The van der Waals surface area contributed by atoms with Crippen molar-refractivity contribution in [3.05, 3.63) is 59.8 Å². The van der Waals surface area contributed by atoms with Crippen LogP contribution >= 0.6 is 0 Å². The molecule has 0 bridgehead atoms. The maximum absolute atomic E-state index is 12.1. The molecular formula is C19H20N6O4. The number of aryl methyl sites for hydroxylation is 1. The number of anilines is 3. The molecule has 0 saturated heterocycles. The Kier molecular flexibility index (Phi) is 6.03. The van der Waals surface area contributed by atoms with Crippen LogP contribution in [-0.2, 0) is 16.1 Å². The average Bonchev–Trinajstić information content (AvgIpc) is 3.22. The molecule has 3 aromatic rings. The van der Waals surface area contributed by atoms with Crippen molar-refractivity contribution in [1.29, 1.82) is 0 Å². The number of ether oxygens (including phenoxy) is 1. The number of carbonyl (C=O) groups is 2. The molecule has 2 aromatic heterocycles. The third-order valence-electron chi connectivity index (χ3n) is 3.88. The Morgan fingerprint density at radius 1 is 1.17 bits per heavy atom. The van der Waals surface area contributed by atoms with Gasteiger partial charge in [0.1, 0.15) is 6.04 Å². The molecule has 1 atom stereocenters. The minimum atomic E-state index is -0.892. The summed E-state index contributed by atoms with van der Waals surface area (Å²) in [5.74, 6) is -0.683. The molecule has 29 heavy (non-hydrogen) atoms. The molecule has 0 fully saturated rings. The second-order valence-corrected chi connectivity index (χ2v) is 6.15. The van der Waals surface area contributed by atoms with E-state index in [-0.39, 0.29) is 30.1 Å². The van der Waals surface area contributed by atoms with Gasteiger partial charge in [0.2, 0.25) is 11.9 Å². The number of rotatable bonds is 7. The number of aromatic nitrogens is 3. The minimum Gasteiger partial charge on any atom is -0.459 e. The van der Waals surface area contributed by atoms with Crippen LogP contribution in [0.3, 0.4) is 0 Å². The van der Waals surface area contributed by atoms with Crippen molar-refractivity contribution >= 4 is 29.5 Å². The Bertz CT molecular complexity index is 1010. The van der Waals surface area contributed by atoms with Gasteiger partial charge in [-0.15, -0.1) is 0 Å². The van der Waals surface area contributed by atoms with E-state index in [1.54, 1.807) is 6.07 Å². The number of para-hydroxylation sites is 1. The van der Waals surface area contributed by atoms with Gasteiger partial charge >= 0.3 is 5.97 Å². The van der Waals surface area contributed by atoms with Gasteiger partial charge in [-0.2, -0.15) is 15.0 Å². The molecule has 1 amide bonds. The van der Waals surface area contributed by atoms with Crippen LogP contribution in [0.1, 0.15) is 28.9 Å². The zero-order valence-electron chi connectivity index (χ0n) is 15.9. The zero-order valence-corrected chi connectivity index (χ0v) is 15.9. The highest BCUT2D eigenvalue weighted by molar-refractivity contribution is 5.94. The van der Waals surface area contributed by atoms with Gasteiger partial charge in [-0.3, -0.25) is 4.79 Å². The van der Waals surface area contributed by atoms with E-state index in [0.29, 0.717) is 0 Å². The number of hydrogen-bond donors (Lipinski definition) is 3. The minimum absolute atomic E-state index is 0.0127. The molecule has 3 rings (SSSR count). The quantitative estimate of drug-likeness (QED) is 0.510. The number of nitrogen functional groups attached to an aromatic ring is 1. The first-order chi connectivity index (χ1) is 13.9. The molecule has 150 valence electrons.